The molecule has 2 nitrogen and oxygen atoms in total. The Morgan fingerprint density at radius 3 is 2.64 bits per heavy atom. The van der Waals surface area contributed by atoms with Gasteiger partial charge in [0.2, 0.25) is 0 Å². The second-order valence-corrected chi connectivity index (χ2v) is 3.20. The summed E-state index contributed by atoms with van der Waals surface area (Å²) >= 11 is 0. The highest BCUT2D eigenvalue weighted by molar-refractivity contribution is 5.13. The maximum Gasteiger partial charge on any atom is 0.0717 e. The van der Waals surface area contributed by atoms with Gasteiger partial charge in [0.25, 0.3) is 0 Å². The highest BCUT2D eigenvalue weighted by Crippen LogP contribution is 2.02. The number of rotatable bonds is 6. The fourth-order valence-corrected chi connectivity index (χ4v) is 1.06. The van der Waals surface area contributed by atoms with E-state index in [9.17, 15) is 0 Å². The van der Waals surface area contributed by atoms with Crippen LogP contribution < -0.4 is 0 Å². The normalized spacial score (nSPS) is 10.1. The molecule has 0 fully saturated rings. The van der Waals surface area contributed by atoms with Gasteiger partial charge in [0.15, 0.2) is 0 Å². The lowest BCUT2D eigenvalue weighted by Crippen LogP contribution is -1.98. The number of hydrogen-bond acceptors (Lipinski definition) is 2. The van der Waals surface area contributed by atoms with Crippen LogP contribution in [0.4, 0.5) is 0 Å². The smallest absolute Gasteiger partial charge is 0.0717 e. The molecule has 0 aliphatic heterocycles. The minimum atomic E-state index is 0.0503. The van der Waals surface area contributed by atoms with Crippen LogP contribution in [0.5, 0.6) is 0 Å². The first-order chi connectivity index (χ1) is 6.83. The molecule has 2 heteroatoms. The maximum atomic E-state index is 8.70. The first-order valence-corrected chi connectivity index (χ1v) is 4.72. The monoisotopic (exact) mass is 192 g/mol. The zero-order valence-electron chi connectivity index (χ0n) is 8.28. The number of hydrogen-bond donors (Lipinski definition) is 1. The van der Waals surface area contributed by atoms with Gasteiger partial charge in [-0.1, -0.05) is 36.9 Å². The molecule has 14 heavy (non-hydrogen) atoms. The van der Waals surface area contributed by atoms with Gasteiger partial charge < -0.3 is 9.84 Å². The molecule has 0 saturated carbocycles. The van der Waals surface area contributed by atoms with Crippen molar-refractivity contribution in [2.24, 2.45) is 0 Å². The van der Waals surface area contributed by atoms with Crippen molar-refractivity contribution in [3.8, 4) is 0 Å². The fraction of sp³-hybridized carbons (Fsp3) is 0.333. The van der Waals surface area contributed by atoms with Crippen molar-refractivity contribution in [1.29, 1.82) is 0 Å². The van der Waals surface area contributed by atoms with Crippen LogP contribution in [0.3, 0.4) is 0 Å². The zero-order valence-corrected chi connectivity index (χ0v) is 8.28. The number of benzene rings is 1. The van der Waals surface area contributed by atoms with E-state index in [2.05, 4.69) is 6.58 Å². The molecular weight excluding hydrogens is 176 g/mol. The van der Waals surface area contributed by atoms with Crippen LogP contribution in [0.25, 0.3) is 0 Å². The summed E-state index contributed by atoms with van der Waals surface area (Å²) in [6.45, 7) is 4.98. The molecule has 1 rings (SSSR count). The van der Waals surface area contributed by atoms with Crippen molar-refractivity contribution in [2.45, 2.75) is 13.0 Å². The molecular formula is C12H16O2. The molecule has 0 aliphatic rings. The average molecular weight is 192 g/mol. The fourth-order valence-electron chi connectivity index (χ4n) is 1.06. The Labute approximate surface area is 84.8 Å². The molecule has 1 N–H and O–H groups in total. The molecule has 0 radical (unpaired) electrons. The van der Waals surface area contributed by atoms with Gasteiger partial charge in [0.1, 0.15) is 0 Å². The van der Waals surface area contributed by atoms with E-state index in [0.29, 0.717) is 13.2 Å². The lowest BCUT2D eigenvalue weighted by molar-refractivity contribution is 0.122. The molecule has 0 unspecified atom stereocenters. The minimum absolute atomic E-state index is 0.0503. The van der Waals surface area contributed by atoms with Gasteiger partial charge in [-0.15, -0.1) is 0 Å². The Bertz CT molecular complexity index is 267. The quantitative estimate of drug-likeness (QED) is 0.552. The van der Waals surface area contributed by atoms with Gasteiger partial charge in [-0.05, 0) is 17.6 Å². The molecule has 0 saturated heterocycles. The average Bonchev–Trinajstić information content (AvgIpc) is 2.25. The standard InChI is InChI=1S/C12H16O2/c1-11(9-13)7-8-14-10-12-5-3-2-4-6-12/h2-6,13H,1,7-10H2. The van der Waals surface area contributed by atoms with Crippen LogP contribution in [0.15, 0.2) is 42.5 Å². The highest BCUT2D eigenvalue weighted by Gasteiger charge is 1.94. The van der Waals surface area contributed by atoms with Crippen LogP contribution >= 0.6 is 0 Å². The summed E-state index contributed by atoms with van der Waals surface area (Å²) in [5, 5.41) is 8.70. The first-order valence-electron chi connectivity index (χ1n) is 4.72. The Balaban J connectivity index is 2.13. The van der Waals surface area contributed by atoms with Crippen LogP contribution in [0.1, 0.15) is 12.0 Å². The van der Waals surface area contributed by atoms with E-state index in [1.165, 1.54) is 5.56 Å². The minimum Gasteiger partial charge on any atom is -0.392 e. The van der Waals surface area contributed by atoms with Crippen molar-refractivity contribution in [2.75, 3.05) is 13.2 Å². The summed E-state index contributed by atoms with van der Waals surface area (Å²) in [7, 11) is 0. The second kappa shape index (κ2) is 6.35. The van der Waals surface area contributed by atoms with Crippen molar-refractivity contribution in [1.82, 2.24) is 0 Å². The third-order valence-corrected chi connectivity index (χ3v) is 1.94. The third kappa shape index (κ3) is 4.21. The van der Waals surface area contributed by atoms with Crippen molar-refractivity contribution < 1.29 is 9.84 Å². The van der Waals surface area contributed by atoms with E-state index >= 15 is 0 Å². The predicted octanol–water partition coefficient (Wildman–Crippen LogP) is 2.14. The van der Waals surface area contributed by atoms with E-state index in [1.54, 1.807) is 0 Å². The first kappa shape index (κ1) is 11.0. The van der Waals surface area contributed by atoms with Gasteiger partial charge in [0.05, 0.1) is 19.8 Å². The Morgan fingerprint density at radius 1 is 1.29 bits per heavy atom. The number of aliphatic hydroxyl groups is 1. The molecule has 0 atom stereocenters. The lowest BCUT2D eigenvalue weighted by Gasteiger charge is -2.04. The van der Waals surface area contributed by atoms with E-state index < -0.39 is 0 Å². The predicted molar refractivity (Wildman–Crippen MR) is 56.9 cm³/mol. The van der Waals surface area contributed by atoms with E-state index in [1.807, 2.05) is 30.3 Å². The largest absolute Gasteiger partial charge is 0.392 e. The molecule has 0 aromatic heterocycles. The molecule has 0 spiro atoms. The van der Waals surface area contributed by atoms with Gasteiger partial charge in [0, 0.05) is 0 Å². The Kier molecular flexibility index (Phi) is 4.97. The number of aliphatic hydroxyl groups excluding tert-OH is 1. The van der Waals surface area contributed by atoms with Gasteiger partial charge in [-0.2, -0.15) is 0 Å². The van der Waals surface area contributed by atoms with E-state index in [4.69, 9.17) is 9.84 Å². The van der Waals surface area contributed by atoms with Crippen molar-refractivity contribution in [3.05, 3.63) is 48.0 Å². The van der Waals surface area contributed by atoms with E-state index in [0.717, 1.165) is 12.0 Å². The Hall–Kier alpha value is -1.12. The summed E-state index contributed by atoms with van der Waals surface area (Å²) in [4.78, 5) is 0. The summed E-state index contributed by atoms with van der Waals surface area (Å²) < 4.78 is 5.42. The van der Waals surface area contributed by atoms with Crippen LogP contribution in [-0.2, 0) is 11.3 Å². The SMILES string of the molecule is C=C(CO)CCOCc1ccccc1. The number of ether oxygens (including phenoxy) is 1. The van der Waals surface area contributed by atoms with Crippen LogP contribution in [0, 0.1) is 0 Å². The third-order valence-electron chi connectivity index (χ3n) is 1.94. The molecule has 0 aliphatic carbocycles. The van der Waals surface area contributed by atoms with Crippen molar-refractivity contribution >= 4 is 0 Å². The maximum absolute atomic E-state index is 8.70. The molecule has 0 heterocycles. The summed E-state index contributed by atoms with van der Waals surface area (Å²) in [6.07, 6.45) is 0.726. The molecule has 1 aromatic carbocycles. The van der Waals surface area contributed by atoms with Gasteiger partial charge >= 0.3 is 0 Å². The molecule has 0 amide bonds. The Morgan fingerprint density at radius 2 is 2.00 bits per heavy atom. The summed E-state index contributed by atoms with van der Waals surface area (Å²) in [6, 6.07) is 10.0. The molecule has 76 valence electrons. The molecule has 1 aromatic rings. The van der Waals surface area contributed by atoms with Crippen LogP contribution in [0.2, 0.25) is 0 Å². The van der Waals surface area contributed by atoms with Crippen molar-refractivity contribution in [3.63, 3.8) is 0 Å². The summed E-state index contributed by atoms with van der Waals surface area (Å²) in [5.74, 6) is 0. The van der Waals surface area contributed by atoms with Gasteiger partial charge in [-0.25, -0.2) is 0 Å². The van der Waals surface area contributed by atoms with Crippen LogP contribution in [-0.4, -0.2) is 18.3 Å². The second-order valence-electron chi connectivity index (χ2n) is 3.20. The summed E-state index contributed by atoms with van der Waals surface area (Å²) in [5.41, 5.74) is 1.99. The zero-order chi connectivity index (χ0) is 10.2. The van der Waals surface area contributed by atoms with Gasteiger partial charge in [-0.3, -0.25) is 0 Å². The topological polar surface area (TPSA) is 29.5 Å². The lowest BCUT2D eigenvalue weighted by atomic mass is 10.2. The van der Waals surface area contributed by atoms with E-state index in [-0.39, 0.29) is 6.61 Å². The molecule has 0 bridgehead atoms. The highest BCUT2D eigenvalue weighted by atomic mass is 16.5.